The van der Waals surface area contributed by atoms with Gasteiger partial charge < -0.3 is 9.72 Å². The topological polar surface area (TPSA) is 55.0 Å². The summed E-state index contributed by atoms with van der Waals surface area (Å²) in [6, 6.07) is 0. The van der Waals surface area contributed by atoms with Crippen molar-refractivity contribution in [2.45, 2.75) is 51.0 Å². The second kappa shape index (κ2) is 5.16. The molecule has 3 heterocycles. The number of ether oxygens (including phenoxy) is 1. The first kappa shape index (κ1) is 14.1. The van der Waals surface area contributed by atoms with Crippen molar-refractivity contribution in [1.29, 1.82) is 0 Å². The molecule has 0 spiro atoms. The Morgan fingerprint density at radius 2 is 2.30 bits per heavy atom. The molecule has 0 aliphatic carbocycles. The summed E-state index contributed by atoms with van der Waals surface area (Å²) >= 11 is 3.16. The zero-order chi connectivity index (χ0) is 14.3. The predicted octanol–water partition coefficient (Wildman–Crippen LogP) is 3.34. The van der Waals surface area contributed by atoms with Crippen molar-refractivity contribution in [3.8, 4) is 0 Å². The van der Waals surface area contributed by atoms with Crippen molar-refractivity contribution in [2.75, 3.05) is 5.75 Å². The molecule has 1 aliphatic rings. The molecule has 3 rings (SSSR count). The van der Waals surface area contributed by atoms with Gasteiger partial charge in [-0.15, -0.1) is 11.3 Å². The Kier molecular flexibility index (Phi) is 3.64. The number of thioether (sulfide) groups is 1. The first-order valence-corrected chi connectivity index (χ1v) is 8.68. The van der Waals surface area contributed by atoms with Crippen LogP contribution < -0.4 is 5.56 Å². The third-order valence-electron chi connectivity index (χ3n) is 3.85. The number of nitrogens with zero attached hydrogens (tertiary/aromatic N) is 1. The van der Waals surface area contributed by atoms with Gasteiger partial charge in [0.05, 0.1) is 17.6 Å². The van der Waals surface area contributed by atoms with Crippen molar-refractivity contribution in [3.05, 3.63) is 20.8 Å². The van der Waals surface area contributed by atoms with Gasteiger partial charge in [0.25, 0.3) is 5.56 Å². The van der Waals surface area contributed by atoms with Crippen LogP contribution in [0.4, 0.5) is 0 Å². The molecule has 0 fully saturated rings. The number of nitrogens with one attached hydrogen (secondary N) is 1. The summed E-state index contributed by atoms with van der Waals surface area (Å²) in [6.45, 7) is 6.88. The van der Waals surface area contributed by atoms with Crippen LogP contribution in [0, 0.1) is 0 Å². The number of aromatic amines is 1. The van der Waals surface area contributed by atoms with Gasteiger partial charge in [-0.3, -0.25) is 4.79 Å². The van der Waals surface area contributed by atoms with Gasteiger partial charge in [0.15, 0.2) is 5.16 Å². The average Bonchev–Trinajstić information content (AvgIpc) is 2.77. The number of thiophene rings is 1. The van der Waals surface area contributed by atoms with E-state index in [4.69, 9.17) is 4.74 Å². The lowest BCUT2D eigenvalue weighted by Crippen LogP contribution is -2.34. The Balaban J connectivity index is 2.15. The maximum absolute atomic E-state index is 12.4. The molecule has 0 radical (unpaired) electrons. The van der Waals surface area contributed by atoms with E-state index in [9.17, 15) is 4.79 Å². The maximum Gasteiger partial charge on any atom is 0.260 e. The molecule has 0 saturated carbocycles. The quantitative estimate of drug-likeness (QED) is 0.698. The highest BCUT2D eigenvalue weighted by molar-refractivity contribution is 7.99. The summed E-state index contributed by atoms with van der Waals surface area (Å²) in [5.74, 6) is 0.899. The van der Waals surface area contributed by atoms with Crippen LogP contribution in [0.3, 0.4) is 0 Å². The molecule has 0 amide bonds. The van der Waals surface area contributed by atoms with E-state index in [2.05, 4.69) is 30.7 Å². The smallest absolute Gasteiger partial charge is 0.260 e. The lowest BCUT2D eigenvalue weighted by Gasteiger charge is -2.32. The molecule has 1 aliphatic heterocycles. The van der Waals surface area contributed by atoms with Gasteiger partial charge >= 0.3 is 0 Å². The molecule has 4 nitrogen and oxygen atoms in total. The summed E-state index contributed by atoms with van der Waals surface area (Å²) in [7, 11) is 0. The molecule has 2 aromatic heterocycles. The number of fused-ring (bicyclic) bond motifs is 3. The zero-order valence-corrected chi connectivity index (χ0v) is 13.5. The second-order valence-corrected chi connectivity index (χ2v) is 7.59. The Bertz CT molecular complexity index is 707. The van der Waals surface area contributed by atoms with Crippen molar-refractivity contribution >= 4 is 33.3 Å². The highest BCUT2D eigenvalue weighted by atomic mass is 32.2. The molecule has 1 atom stereocenters. The molecule has 0 saturated heterocycles. The van der Waals surface area contributed by atoms with Gasteiger partial charge in [-0.25, -0.2) is 4.98 Å². The second-order valence-electron chi connectivity index (χ2n) is 5.26. The monoisotopic (exact) mass is 310 g/mol. The lowest BCUT2D eigenvalue weighted by atomic mass is 9.90. The van der Waals surface area contributed by atoms with E-state index in [1.54, 1.807) is 23.1 Å². The minimum atomic E-state index is -0.162. The molecule has 2 aromatic rings. The van der Waals surface area contributed by atoms with Crippen molar-refractivity contribution in [2.24, 2.45) is 0 Å². The first-order chi connectivity index (χ1) is 9.56. The van der Waals surface area contributed by atoms with Gasteiger partial charge in [0, 0.05) is 11.3 Å². The molecular weight excluding hydrogens is 292 g/mol. The van der Waals surface area contributed by atoms with E-state index in [1.165, 1.54) is 0 Å². The van der Waals surface area contributed by atoms with Gasteiger partial charge in [-0.1, -0.05) is 25.6 Å². The summed E-state index contributed by atoms with van der Waals surface area (Å²) in [6.07, 6.45) is 1.74. The van der Waals surface area contributed by atoms with Gasteiger partial charge in [0.1, 0.15) is 4.83 Å². The number of aromatic nitrogens is 2. The fraction of sp³-hybridized carbons (Fsp3) is 0.571. The van der Waals surface area contributed by atoms with Crippen LogP contribution in [0.15, 0.2) is 9.95 Å². The minimum Gasteiger partial charge on any atom is -0.369 e. The van der Waals surface area contributed by atoms with Crippen molar-refractivity contribution in [3.63, 3.8) is 0 Å². The van der Waals surface area contributed by atoms with Crippen molar-refractivity contribution < 1.29 is 4.74 Å². The van der Waals surface area contributed by atoms with E-state index in [0.29, 0.717) is 11.8 Å². The molecule has 6 heteroatoms. The fourth-order valence-electron chi connectivity index (χ4n) is 2.49. The average molecular weight is 310 g/mol. The van der Waals surface area contributed by atoms with Crippen LogP contribution in [0.1, 0.15) is 37.6 Å². The Hall–Kier alpha value is -0.850. The van der Waals surface area contributed by atoms with Gasteiger partial charge in [-0.2, -0.15) is 0 Å². The van der Waals surface area contributed by atoms with Crippen LogP contribution >= 0.6 is 23.1 Å². The Morgan fingerprint density at radius 1 is 1.50 bits per heavy atom. The van der Waals surface area contributed by atoms with Crippen LogP contribution in [0.25, 0.3) is 10.2 Å². The molecule has 0 unspecified atom stereocenters. The molecule has 0 bridgehead atoms. The van der Waals surface area contributed by atoms with Crippen LogP contribution in [0.5, 0.6) is 0 Å². The number of rotatable bonds is 3. The highest BCUT2D eigenvalue weighted by Gasteiger charge is 2.32. The normalized spacial score (nSPS) is 22.1. The largest absolute Gasteiger partial charge is 0.369 e. The summed E-state index contributed by atoms with van der Waals surface area (Å²) in [4.78, 5) is 21.8. The predicted molar refractivity (Wildman–Crippen MR) is 83.8 cm³/mol. The molecule has 108 valence electrons. The van der Waals surface area contributed by atoms with Crippen LogP contribution in [-0.2, 0) is 17.8 Å². The van der Waals surface area contributed by atoms with Gasteiger partial charge in [-0.05, 0) is 24.7 Å². The highest BCUT2D eigenvalue weighted by Crippen LogP contribution is 2.38. The zero-order valence-electron chi connectivity index (χ0n) is 11.9. The third kappa shape index (κ3) is 2.29. The van der Waals surface area contributed by atoms with Crippen LogP contribution in [-0.4, -0.2) is 21.3 Å². The SMILES string of the molecule is CCSc1nc2sc3c(c2c(=O)[nH]1)C[C@@](C)(CC)OC3. The molecule has 1 N–H and O–H groups in total. The molecular formula is C14H18N2O2S2. The standard InChI is InChI=1S/C14H18N2O2S2/c1-4-14(3)6-8-9(7-18-14)20-12-10(8)11(17)15-13(16-12)19-5-2/h4-7H2,1-3H3,(H,15,16,17)/t14-/m1/s1. The summed E-state index contributed by atoms with van der Waals surface area (Å²) in [5.41, 5.74) is 0.968. The first-order valence-electron chi connectivity index (χ1n) is 6.87. The van der Waals surface area contributed by atoms with E-state index in [0.717, 1.165) is 39.3 Å². The lowest BCUT2D eigenvalue weighted by molar-refractivity contribution is -0.0543. The summed E-state index contributed by atoms with van der Waals surface area (Å²) < 4.78 is 5.95. The van der Waals surface area contributed by atoms with E-state index in [1.807, 2.05) is 0 Å². The third-order valence-corrected chi connectivity index (χ3v) is 5.71. The fourth-order valence-corrected chi connectivity index (χ4v) is 4.25. The Labute approximate surface area is 126 Å². The number of hydrogen-bond donors (Lipinski definition) is 1. The molecule has 0 aromatic carbocycles. The molecule has 20 heavy (non-hydrogen) atoms. The van der Waals surface area contributed by atoms with E-state index >= 15 is 0 Å². The summed E-state index contributed by atoms with van der Waals surface area (Å²) in [5, 5.41) is 1.48. The number of hydrogen-bond acceptors (Lipinski definition) is 5. The van der Waals surface area contributed by atoms with Gasteiger partial charge in [0.2, 0.25) is 0 Å². The van der Waals surface area contributed by atoms with Crippen LogP contribution in [0.2, 0.25) is 0 Å². The Morgan fingerprint density at radius 3 is 3.00 bits per heavy atom. The number of H-pyrrole nitrogens is 1. The minimum absolute atomic E-state index is 0.0104. The van der Waals surface area contributed by atoms with E-state index in [-0.39, 0.29) is 11.2 Å². The van der Waals surface area contributed by atoms with E-state index < -0.39 is 0 Å². The maximum atomic E-state index is 12.4. The van der Waals surface area contributed by atoms with Crippen molar-refractivity contribution in [1.82, 2.24) is 9.97 Å².